The van der Waals surface area contributed by atoms with Crippen LogP contribution in [0.2, 0.25) is 0 Å². The largest absolute Gasteiger partial charge is 0.375 e. The van der Waals surface area contributed by atoms with Crippen LogP contribution in [-0.2, 0) is 9.53 Å². The third-order valence-corrected chi connectivity index (χ3v) is 4.14. The van der Waals surface area contributed by atoms with Crippen LogP contribution in [0.25, 0.3) is 0 Å². The van der Waals surface area contributed by atoms with E-state index in [1.807, 2.05) is 25.1 Å². The van der Waals surface area contributed by atoms with Gasteiger partial charge in [-0.3, -0.25) is 9.78 Å². The third-order valence-electron chi connectivity index (χ3n) is 4.14. The molecule has 2 aromatic rings. The molecule has 1 atom stereocenters. The lowest BCUT2D eigenvalue weighted by Gasteiger charge is -2.21. The van der Waals surface area contributed by atoms with E-state index in [-0.39, 0.29) is 24.6 Å². The number of urea groups is 1. The van der Waals surface area contributed by atoms with Crippen molar-refractivity contribution in [1.82, 2.24) is 10.3 Å². The highest BCUT2D eigenvalue weighted by atomic mass is 16.5. The van der Waals surface area contributed by atoms with Gasteiger partial charge >= 0.3 is 6.03 Å². The zero-order valence-corrected chi connectivity index (χ0v) is 16.8. The first-order valence-corrected chi connectivity index (χ1v) is 9.26. The summed E-state index contributed by atoms with van der Waals surface area (Å²) in [6.07, 6.45) is 4.28. The van der Waals surface area contributed by atoms with Gasteiger partial charge in [-0.2, -0.15) is 0 Å². The lowest BCUT2D eigenvalue weighted by atomic mass is 9.98. The highest BCUT2D eigenvalue weighted by molar-refractivity contribution is 5.94. The summed E-state index contributed by atoms with van der Waals surface area (Å²) in [6, 6.07) is 8.71. The molecule has 7 heteroatoms. The summed E-state index contributed by atoms with van der Waals surface area (Å²) >= 11 is 0. The topological polar surface area (TPSA) is 92.4 Å². The molecule has 0 aliphatic heterocycles. The zero-order chi connectivity index (χ0) is 20.5. The van der Waals surface area contributed by atoms with E-state index < -0.39 is 0 Å². The molecule has 150 valence electrons. The maximum atomic E-state index is 12.6. The Morgan fingerprint density at radius 2 is 1.96 bits per heavy atom. The summed E-state index contributed by atoms with van der Waals surface area (Å²) in [5, 5.41) is 8.63. The van der Waals surface area contributed by atoms with Crippen LogP contribution in [0.1, 0.15) is 37.4 Å². The molecule has 0 aliphatic carbocycles. The molecule has 3 N–H and O–H groups in total. The van der Waals surface area contributed by atoms with Crippen molar-refractivity contribution in [3.8, 4) is 0 Å². The predicted molar refractivity (Wildman–Crippen MR) is 110 cm³/mol. The van der Waals surface area contributed by atoms with Crippen LogP contribution in [0.5, 0.6) is 0 Å². The van der Waals surface area contributed by atoms with E-state index in [9.17, 15) is 9.59 Å². The number of amides is 3. The molecule has 0 aliphatic rings. The fourth-order valence-electron chi connectivity index (χ4n) is 2.81. The summed E-state index contributed by atoms with van der Waals surface area (Å²) in [5.41, 5.74) is 3.07. The average molecular weight is 384 g/mol. The van der Waals surface area contributed by atoms with Crippen LogP contribution in [0.4, 0.5) is 16.2 Å². The van der Waals surface area contributed by atoms with Gasteiger partial charge in [0.2, 0.25) is 5.91 Å². The molecule has 0 fully saturated rings. The van der Waals surface area contributed by atoms with Crippen LogP contribution in [0.3, 0.4) is 0 Å². The van der Waals surface area contributed by atoms with Gasteiger partial charge in [0, 0.05) is 30.9 Å². The molecule has 0 saturated carbocycles. The minimum Gasteiger partial charge on any atom is -0.375 e. The minimum absolute atomic E-state index is 0.0287. The van der Waals surface area contributed by atoms with E-state index in [0.717, 1.165) is 17.5 Å². The Morgan fingerprint density at radius 1 is 1.18 bits per heavy atom. The lowest BCUT2D eigenvalue weighted by Crippen LogP contribution is -2.33. The first-order chi connectivity index (χ1) is 13.4. The van der Waals surface area contributed by atoms with Gasteiger partial charge in [-0.05, 0) is 48.6 Å². The smallest absolute Gasteiger partial charge is 0.319 e. The molecule has 1 heterocycles. The molecule has 0 radical (unpaired) electrons. The summed E-state index contributed by atoms with van der Waals surface area (Å²) in [5.74, 6) is 0.155. The van der Waals surface area contributed by atoms with E-state index in [4.69, 9.17) is 4.74 Å². The van der Waals surface area contributed by atoms with E-state index in [2.05, 4.69) is 34.8 Å². The molecule has 3 amide bonds. The number of benzene rings is 1. The quantitative estimate of drug-likeness (QED) is 0.644. The highest BCUT2D eigenvalue weighted by Gasteiger charge is 2.17. The third kappa shape index (κ3) is 6.66. The second-order valence-corrected chi connectivity index (χ2v) is 7.08. The predicted octanol–water partition coefficient (Wildman–Crippen LogP) is 3.88. The van der Waals surface area contributed by atoms with Gasteiger partial charge < -0.3 is 20.7 Å². The number of methoxy groups -OCH3 is 1. The van der Waals surface area contributed by atoms with Crippen molar-refractivity contribution in [1.29, 1.82) is 0 Å². The minimum atomic E-state index is -0.307. The fraction of sp³-hybridized carbons (Fsp3) is 0.381. The first-order valence-electron chi connectivity index (χ1n) is 9.26. The number of ether oxygens (including phenoxy) is 1. The maximum Gasteiger partial charge on any atom is 0.319 e. The van der Waals surface area contributed by atoms with Gasteiger partial charge in [0.1, 0.15) is 6.61 Å². The van der Waals surface area contributed by atoms with Crippen molar-refractivity contribution in [3.05, 3.63) is 53.9 Å². The number of pyridine rings is 1. The first kappa shape index (κ1) is 21.4. The van der Waals surface area contributed by atoms with Crippen molar-refractivity contribution < 1.29 is 14.3 Å². The molecule has 1 aromatic heterocycles. The molecule has 0 spiro atoms. The van der Waals surface area contributed by atoms with Gasteiger partial charge in [0.05, 0.1) is 6.04 Å². The van der Waals surface area contributed by atoms with Crippen LogP contribution >= 0.6 is 0 Å². The summed E-state index contributed by atoms with van der Waals surface area (Å²) in [6.45, 7) is 6.08. The highest BCUT2D eigenvalue weighted by Crippen LogP contribution is 2.23. The molecule has 7 nitrogen and oxygen atoms in total. The molecule has 0 saturated heterocycles. The van der Waals surface area contributed by atoms with Gasteiger partial charge in [0.15, 0.2) is 0 Å². The van der Waals surface area contributed by atoms with E-state index in [1.165, 1.54) is 7.11 Å². The number of nitrogens with zero attached hydrogens (tertiary/aromatic N) is 1. The van der Waals surface area contributed by atoms with Crippen molar-refractivity contribution in [3.63, 3.8) is 0 Å². The van der Waals surface area contributed by atoms with Crippen molar-refractivity contribution >= 4 is 23.3 Å². The molecule has 1 unspecified atom stereocenters. The summed E-state index contributed by atoms with van der Waals surface area (Å²) < 4.78 is 4.81. The number of carbonyl (C=O) groups excluding carboxylic acids is 2. The molecule has 28 heavy (non-hydrogen) atoms. The Kier molecular flexibility index (Phi) is 7.95. The van der Waals surface area contributed by atoms with Crippen LogP contribution in [0.15, 0.2) is 42.7 Å². The van der Waals surface area contributed by atoms with Crippen LogP contribution < -0.4 is 16.0 Å². The Hall–Kier alpha value is -2.93. The maximum absolute atomic E-state index is 12.6. The zero-order valence-electron chi connectivity index (χ0n) is 16.8. The lowest BCUT2D eigenvalue weighted by molar-refractivity contribution is -0.119. The number of anilines is 2. The molecule has 0 bridgehead atoms. The second-order valence-electron chi connectivity index (χ2n) is 7.08. The SMILES string of the molecule is COCC(=O)Nc1ccc(C)c(NC(=O)NC(CC(C)C)c2cccnc2)c1. The Balaban J connectivity index is 2.09. The van der Waals surface area contributed by atoms with E-state index in [0.29, 0.717) is 17.3 Å². The van der Waals surface area contributed by atoms with Gasteiger partial charge in [-0.1, -0.05) is 26.0 Å². The van der Waals surface area contributed by atoms with Gasteiger partial charge in [-0.15, -0.1) is 0 Å². The standard InChI is InChI=1S/C21H28N4O3/c1-14(2)10-19(16-6-5-9-22-12-16)25-21(27)24-18-11-17(8-7-15(18)3)23-20(26)13-28-4/h5-9,11-12,14,19H,10,13H2,1-4H3,(H,23,26)(H2,24,25,27). The number of aromatic nitrogens is 1. The average Bonchev–Trinajstić information content (AvgIpc) is 2.64. The van der Waals surface area contributed by atoms with Crippen molar-refractivity contribution in [2.24, 2.45) is 5.92 Å². The van der Waals surface area contributed by atoms with E-state index in [1.54, 1.807) is 24.5 Å². The molecule has 2 rings (SSSR count). The summed E-state index contributed by atoms with van der Waals surface area (Å²) in [4.78, 5) is 28.5. The molecule has 1 aromatic carbocycles. The molecular weight excluding hydrogens is 356 g/mol. The number of hydrogen-bond donors (Lipinski definition) is 3. The molecular formula is C21H28N4O3. The Labute approximate surface area is 165 Å². The van der Waals surface area contributed by atoms with Crippen LogP contribution in [0, 0.1) is 12.8 Å². The fourth-order valence-corrected chi connectivity index (χ4v) is 2.81. The Morgan fingerprint density at radius 3 is 2.61 bits per heavy atom. The monoisotopic (exact) mass is 384 g/mol. The Bertz CT molecular complexity index is 793. The number of rotatable bonds is 8. The van der Waals surface area contributed by atoms with Crippen LogP contribution in [-0.4, -0.2) is 30.6 Å². The van der Waals surface area contributed by atoms with Crippen molar-refractivity contribution in [2.45, 2.75) is 33.2 Å². The number of aryl methyl sites for hydroxylation is 1. The van der Waals surface area contributed by atoms with Gasteiger partial charge in [0.25, 0.3) is 0 Å². The second kappa shape index (κ2) is 10.4. The number of nitrogens with one attached hydrogen (secondary N) is 3. The van der Waals surface area contributed by atoms with E-state index >= 15 is 0 Å². The van der Waals surface area contributed by atoms with Gasteiger partial charge in [-0.25, -0.2) is 4.79 Å². The summed E-state index contributed by atoms with van der Waals surface area (Å²) in [7, 11) is 1.46. The normalized spacial score (nSPS) is 11.8. The number of carbonyl (C=O) groups is 2. The number of hydrogen-bond acceptors (Lipinski definition) is 4. The van der Waals surface area contributed by atoms with Crippen molar-refractivity contribution in [2.75, 3.05) is 24.4 Å².